The summed E-state index contributed by atoms with van der Waals surface area (Å²) < 4.78 is 35.9. The van der Waals surface area contributed by atoms with Gasteiger partial charge in [-0.05, 0) is 19.1 Å². The van der Waals surface area contributed by atoms with Crippen LogP contribution in [0.4, 0.5) is 5.69 Å². The Bertz CT molecular complexity index is 641. The van der Waals surface area contributed by atoms with Crippen molar-refractivity contribution in [1.29, 1.82) is 0 Å². The van der Waals surface area contributed by atoms with Gasteiger partial charge in [0.05, 0.1) is 31.8 Å². The highest BCUT2D eigenvalue weighted by Gasteiger charge is 2.25. The number of sulfonamides is 1. The molecule has 1 aromatic carbocycles. The minimum Gasteiger partial charge on any atom is -0.494 e. The first kappa shape index (κ1) is 17.6. The molecule has 0 aliphatic carbocycles. The minimum atomic E-state index is -3.58. The summed E-state index contributed by atoms with van der Waals surface area (Å²) in [6.45, 7) is 4.02. The molecule has 0 saturated carbocycles. The lowest BCUT2D eigenvalue weighted by Crippen LogP contribution is -2.47. The Morgan fingerprint density at radius 2 is 2.04 bits per heavy atom. The Labute approximate surface area is 136 Å². The Balaban J connectivity index is 2.20. The summed E-state index contributed by atoms with van der Waals surface area (Å²) in [7, 11) is -3.58. The van der Waals surface area contributed by atoms with Gasteiger partial charge in [-0.25, -0.2) is 8.42 Å². The Morgan fingerprint density at radius 1 is 1.35 bits per heavy atom. The Kier molecular flexibility index (Phi) is 5.84. The van der Waals surface area contributed by atoms with Crippen molar-refractivity contribution in [2.75, 3.05) is 50.0 Å². The van der Waals surface area contributed by atoms with Crippen LogP contribution in [-0.2, 0) is 19.6 Å². The van der Waals surface area contributed by atoms with Crippen molar-refractivity contribution in [1.82, 2.24) is 4.90 Å². The molecule has 0 unspecified atom stereocenters. The van der Waals surface area contributed by atoms with Gasteiger partial charge in [0.15, 0.2) is 0 Å². The molecule has 0 N–H and O–H groups in total. The fourth-order valence-electron chi connectivity index (χ4n) is 2.33. The molecule has 1 amide bonds. The Hall–Kier alpha value is -1.80. The van der Waals surface area contributed by atoms with Crippen LogP contribution in [0, 0.1) is 0 Å². The number of anilines is 1. The van der Waals surface area contributed by atoms with E-state index in [9.17, 15) is 13.2 Å². The molecule has 1 aromatic rings. The highest BCUT2D eigenvalue weighted by Crippen LogP contribution is 2.23. The molecule has 0 bridgehead atoms. The topological polar surface area (TPSA) is 76.2 Å². The predicted octanol–water partition coefficient (Wildman–Crippen LogP) is 0.710. The molecule has 1 fully saturated rings. The van der Waals surface area contributed by atoms with Crippen molar-refractivity contribution in [3.63, 3.8) is 0 Å². The second-order valence-electron chi connectivity index (χ2n) is 5.19. The molecule has 1 aliphatic rings. The molecule has 1 heterocycles. The summed E-state index contributed by atoms with van der Waals surface area (Å²) in [5, 5.41) is 0. The van der Waals surface area contributed by atoms with E-state index >= 15 is 0 Å². The standard InChI is InChI=1S/C15H22N2O5S/c1-3-22-14-6-4-5-13(11-14)17(23(2,19)20)12-15(18)16-7-9-21-10-8-16/h4-6,11H,3,7-10,12H2,1-2H3. The van der Waals surface area contributed by atoms with Crippen molar-refractivity contribution in [2.24, 2.45) is 0 Å². The summed E-state index contributed by atoms with van der Waals surface area (Å²) >= 11 is 0. The highest BCUT2D eigenvalue weighted by atomic mass is 32.2. The van der Waals surface area contributed by atoms with Crippen LogP contribution in [0.2, 0.25) is 0 Å². The van der Waals surface area contributed by atoms with E-state index in [1.807, 2.05) is 6.92 Å². The molecule has 23 heavy (non-hydrogen) atoms. The first-order valence-corrected chi connectivity index (χ1v) is 9.32. The van der Waals surface area contributed by atoms with E-state index in [1.54, 1.807) is 29.2 Å². The highest BCUT2D eigenvalue weighted by molar-refractivity contribution is 7.92. The van der Waals surface area contributed by atoms with Gasteiger partial charge in [0, 0.05) is 19.2 Å². The van der Waals surface area contributed by atoms with Crippen LogP contribution in [0.3, 0.4) is 0 Å². The smallest absolute Gasteiger partial charge is 0.243 e. The summed E-state index contributed by atoms with van der Waals surface area (Å²) in [6, 6.07) is 6.72. The maximum atomic E-state index is 12.4. The first-order chi connectivity index (χ1) is 10.9. The third-order valence-electron chi connectivity index (χ3n) is 3.46. The van der Waals surface area contributed by atoms with Gasteiger partial charge < -0.3 is 14.4 Å². The van der Waals surface area contributed by atoms with E-state index in [0.717, 1.165) is 10.6 Å². The van der Waals surface area contributed by atoms with Crippen LogP contribution in [0.15, 0.2) is 24.3 Å². The lowest BCUT2D eigenvalue weighted by Gasteiger charge is -2.30. The first-order valence-electron chi connectivity index (χ1n) is 7.48. The van der Waals surface area contributed by atoms with E-state index in [-0.39, 0.29) is 12.5 Å². The molecule has 0 aromatic heterocycles. The van der Waals surface area contributed by atoms with Crippen LogP contribution < -0.4 is 9.04 Å². The van der Waals surface area contributed by atoms with Gasteiger partial charge >= 0.3 is 0 Å². The van der Waals surface area contributed by atoms with Gasteiger partial charge in [0.1, 0.15) is 12.3 Å². The van der Waals surface area contributed by atoms with Crippen molar-refractivity contribution in [2.45, 2.75) is 6.92 Å². The fraction of sp³-hybridized carbons (Fsp3) is 0.533. The number of rotatable bonds is 6. The molecule has 0 atom stereocenters. The molecular weight excluding hydrogens is 320 g/mol. The Morgan fingerprint density at radius 3 is 2.65 bits per heavy atom. The molecule has 0 spiro atoms. The monoisotopic (exact) mass is 342 g/mol. The van der Waals surface area contributed by atoms with E-state index in [0.29, 0.717) is 44.3 Å². The van der Waals surface area contributed by atoms with E-state index < -0.39 is 10.0 Å². The lowest BCUT2D eigenvalue weighted by atomic mass is 10.3. The molecule has 1 saturated heterocycles. The zero-order valence-corrected chi connectivity index (χ0v) is 14.2. The maximum absolute atomic E-state index is 12.4. The van der Waals surface area contributed by atoms with Gasteiger partial charge in [0.2, 0.25) is 15.9 Å². The number of carbonyl (C=O) groups excluding carboxylic acids is 1. The number of carbonyl (C=O) groups is 1. The SMILES string of the molecule is CCOc1cccc(N(CC(=O)N2CCOCC2)S(C)(=O)=O)c1. The zero-order chi connectivity index (χ0) is 16.9. The molecule has 128 valence electrons. The van der Waals surface area contributed by atoms with Gasteiger partial charge in [-0.3, -0.25) is 9.10 Å². The van der Waals surface area contributed by atoms with Crippen LogP contribution in [0.5, 0.6) is 5.75 Å². The third kappa shape index (κ3) is 4.84. The molecule has 1 aliphatic heterocycles. The number of amides is 1. The predicted molar refractivity (Wildman–Crippen MR) is 87.2 cm³/mol. The van der Waals surface area contributed by atoms with Crippen molar-refractivity contribution < 1.29 is 22.7 Å². The molecule has 8 heteroatoms. The summed E-state index contributed by atoms with van der Waals surface area (Å²) in [6.07, 6.45) is 1.09. The quantitative estimate of drug-likeness (QED) is 0.761. The van der Waals surface area contributed by atoms with Gasteiger partial charge in [-0.15, -0.1) is 0 Å². The summed E-state index contributed by atoms with van der Waals surface area (Å²) in [4.78, 5) is 14.0. The minimum absolute atomic E-state index is 0.228. The van der Waals surface area contributed by atoms with Crippen LogP contribution in [0.25, 0.3) is 0 Å². The van der Waals surface area contributed by atoms with Crippen LogP contribution >= 0.6 is 0 Å². The van der Waals surface area contributed by atoms with Crippen LogP contribution in [-0.4, -0.2) is 64.9 Å². The second-order valence-corrected chi connectivity index (χ2v) is 7.10. The van der Waals surface area contributed by atoms with Crippen LogP contribution in [0.1, 0.15) is 6.92 Å². The fourth-order valence-corrected chi connectivity index (χ4v) is 3.17. The largest absolute Gasteiger partial charge is 0.494 e. The number of hydrogen-bond acceptors (Lipinski definition) is 5. The van der Waals surface area contributed by atoms with Gasteiger partial charge in [-0.2, -0.15) is 0 Å². The number of morpholine rings is 1. The number of benzene rings is 1. The number of ether oxygens (including phenoxy) is 2. The molecule has 7 nitrogen and oxygen atoms in total. The number of nitrogens with zero attached hydrogens (tertiary/aromatic N) is 2. The van der Waals surface area contributed by atoms with Crippen molar-refractivity contribution >= 4 is 21.6 Å². The third-order valence-corrected chi connectivity index (χ3v) is 4.60. The van der Waals surface area contributed by atoms with E-state index in [1.165, 1.54) is 0 Å². The van der Waals surface area contributed by atoms with E-state index in [4.69, 9.17) is 9.47 Å². The average Bonchev–Trinajstić information content (AvgIpc) is 2.52. The summed E-state index contributed by atoms with van der Waals surface area (Å²) in [5.41, 5.74) is 0.417. The lowest BCUT2D eigenvalue weighted by molar-refractivity contribution is -0.133. The zero-order valence-electron chi connectivity index (χ0n) is 13.4. The van der Waals surface area contributed by atoms with Gasteiger partial charge in [-0.1, -0.05) is 6.07 Å². The maximum Gasteiger partial charge on any atom is 0.243 e. The molecule has 2 rings (SSSR count). The summed E-state index contributed by atoms with van der Waals surface area (Å²) in [5.74, 6) is 0.331. The molecule has 0 radical (unpaired) electrons. The normalized spacial score (nSPS) is 15.3. The van der Waals surface area contributed by atoms with Gasteiger partial charge in [0.25, 0.3) is 0 Å². The molecular formula is C15H22N2O5S. The number of hydrogen-bond donors (Lipinski definition) is 0. The van der Waals surface area contributed by atoms with Crippen molar-refractivity contribution in [3.05, 3.63) is 24.3 Å². The van der Waals surface area contributed by atoms with Crippen molar-refractivity contribution in [3.8, 4) is 5.75 Å². The second kappa shape index (κ2) is 7.65. The average molecular weight is 342 g/mol. The van der Waals surface area contributed by atoms with E-state index in [2.05, 4.69) is 0 Å².